The molecule has 1 aromatic heterocycles. The maximum absolute atomic E-state index is 12.9. The van der Waals surface area contributed by atoms with Gasteiger partial charge >= 0.3 is 0 Å². The summed E-state index contributed by atoms with van der Waals surface area (Å²) in [6, 6.07) is 7.27. The van der Waals surface area contributed by atoms with Gasteiger partial charge < -0.3 is 14.7 Å². The van der Waals surface area contributed by atoms with Crippen molar-refractivity contribution < 1.29 is 19.0 Å². The van der Waals surface area contributed by atoms with E-state index in [0.29, 0.717) is 18.2 Å². The molecule has 0 saturated heterocycles. The van der Waals surface area contributed by atoms with Crippen molar-refractivity contribution in [2.24, 2.45) is 5.92 Å². The van der Waals surface area contributed by atoms with E-state index in [9.17, 15) is 19.7 Å². The first-order chi connectivity index (χ1) is 13.5. The topological polar surface area (TPSA) is 119 Å². The van der Waals surface area contributed by atoms with Crippen LogP contribution >= 0.6 is 0 Å². The second-order valence-corrected chi connectivity index (χ2v) is 7.30. The van der Waals surface area contributed by atoms with Gasteiger partial charge in [0.1, 0.15) is 0 Å². The Hall–Kier alpha value is -3.23. The van der Waals surface area contributed by atoms with E-state index in [1.165, 1.54) is 18.2 Å². The van der Waals surface area contributed by atoms with Crippen molar-refractivity contribution in [3.05, 3.63) is 57.5 Å². The maximum Gasteiger partial charge on any atom is 0.273 e. The number of carbonyl (C=O) groups excluding carboxylic acids is 2. The first kappa shape index (κ1) is 18.1. The highest BCUT2D eigenvalue weighted by molar-refractivity contribution is 5.95. The van der Waals surface area contributed by atoms with E-state index in [4.69, 9.17) is 4.52 Å². The van der Waals surface area contributed by atoms with Gasteiger partial charge in [-0.05, 0) is 37.7 Å². The molecule has 4 rings (SSSR count). The number of carbonyl (C=O) groups is 2. The Kier molecular flexibility index (Phi) is 4.81. The van der Waals surface area contributed by atoms with Crippen LogP contribution in [0.15, 0.2) is 34.9 Å². The van der Waals surface area contributed by atoms with Gasteiger partial charge in [0, 0.05) is 36.3 Å². The van der Waals surface area contributed by atoms with E-state index >= 15 is 0 Å². The zero-order chi connectivity index (χ0) is 19.7. The predicted molar refractivity (Wildman–Crippen MR) is 97.6 cm³/mol. The SMILES string of the molecule is O=C(NCC1CC1)c1cc(CN(C(=O)c2cccc([N+](=O)[O-])c2)C2CC2)on1. The average Bonchev–Trinajstić information content (AvgIpc) is 3.63. The van der Waals surface area contributed by atoms with Gasteiger partial charge in [0.15, 0.2) is 11.5 Å². The molecular weight excluding hydrogens is 364 g/mol. The van der Waals surface area contributed by atoms with E-state index < -0.39 is 4.92 Å². The molecule has 28 heavy (non-hydrogen) atoms. The Balaban J connectivity index is 1.45. The molecule has 0 unspecified atom stereocenters. The number of nitro groups is 1. The van der Waals surface area contributed by atoms with Gasteiger partial charge in [0.2, 0.25) is 0 Å². The van der Waals surface area contributed by atoms with Crippen LogP contribution in [-0.2, 0) is 6.54 Å². The summed E-state index contributed by atoms with van der Waals surface area (Å²) in [5, 5.41) is 17.6. The number of rotatable bonds is 8. The minimum absolute atomic E-state index is 0.0593. The number of aromatic nitrogens is 1. The molecule has 0 spiro atoms. The quantitative estimate of drug-likeness (QED) is 0.552. The van der Waals surface area contributed by atoms with Crippen molar-refractivity contribution in [3.8, 4) is 0 Å². The molecule has 0 bridgehead atoms. The van der Waals surface area contributed by atoms with Gasteiger partial charge in [-0.3, -0.25) is 19.7 Å². The Bertz CT molecular complexity index is 917. The summed E-state index contributed by atoms with van der Waals surface area (Å²) in [6.07, 6.45) is 4.01. The molecule has 2 amide bonds. The first-order valence-electron chi connectivity index (χ1n) is 9.30. The summed E-state index contributed by atoms with van der Waals surface area (Å²) in [5.41, 5.74) is 0.313. The summed E-state index contributed by atoms with van der Waals surface area (Å²) in [6.45, 7) is 0.801. The number of amides is 2. The molecule has 2 aliphatic carbocycles. The fourth-order valence-corrected chi connectivity index (χ4v) is 2.98. The number of benzene rings is 1. The van der Waals surface area contributed by atoms with Crippen molar-refractivity contribution in [3.63, 3.8) is 0 Å². The summed E-state index contributed by atoms with van der Waals surface area (Å²) in [5.74, 6) is 0.378. The van der Waals surface area contributed by atoms with Crippen LogP contribution in [0.25, 0.3) is 0 Å². The van der Waals surface area contributed by atoms with Crippen LogP contribution < -0.4 is 5.32 Å². The lowest BCUT2D eigenvalue weighted by atomic mass is 10.1. The highest BCUT2D eigenvalue weighted by atomic mass is 16.6. The normalized spacial score (nSPS) is 15.9. The van der Waals surface area contributed by atoms with Crippen molar-refractivity contribution in [2.75, 3.05) is 6.54 Å². The highest BCUT2D eigenvalue weighted by Gasteiger charge is 2.34. The Morgan fingerprint density at radius 3 is 2.71 bits per heavy atom. The van der Waals surface area contributed by atoms with Crippen LogP contribution in [0.5, 0.6) is 0 Å². The summed E-state index contributed by atoms with van der Waals surface area (Å²) >= 11 is 0. The third kappa shape index (κ3) is 4.19. The molecule has 0 atom stereocenters. The third-order valence-electron chi connectivity index (χ3n) is 4.92. The molecule has 1 aromatic carbocycles. The number of nitrogens with one attached hydrogen (secondary N) is 1. The minimum Gasteiger partial charge on any atom is -0.359 e. The van der Waals surface area contributed by atoms with Gasteiger partial charge in [0.05, 0.1) is 11.5 Å². The van der Waals surface area contributed by atoms with E-state index in [1.54, 1.807) is 17.0 Å². The van der Waals surface area contributed by atoms with Gasteiger partial charge in [-0.25, -0.2) is 0 Å². The monoisotopic (exact) mass is 384 g/mol. The molecule has 2 aromatic rings. The summed E-state index contributed by atoms with van der Waals surface area (Å²) in [7, 11) is 0. The van der Waals surface area contributed by atoms with E-state index in [-0.39, 0.29) is 41.3 Å². The van der Waals surface area contributed by atoms with Gasteiger partial charge in [-0.15, -0.1) is 0 Å². The van der Waals surface area contributed by atoms with Crippen LogP contribution in [0, 0.1) is 16.0 Å². The van der Waals surface area contributed by atoms with E-state index in [0.717, 1.165) is 25.7 Å². The lowest BCUT2D eigenvalue weighted by Gasteiger charge is -2.20. The van der Waals surface area contributed by atoms with Gasteiger partial charge in [-0.1, -0.05) is 11.2 Å². The van der Waals surface area contributed by atoms with Crippen LogP contribution in [-0.4, -0.2) is 39.4 Å². The number of non-ortho nitro benzene ring substituents is 1. The lowest BCUT2D eigenvalue weighted by Crippen LogP contribution is -2.32. The second-order valence-electron chi connectivity index (χ2n) is 7.30. The zero-order valence-electron chi connectivity index (χ0n) is 15.2. The van der Waals surface area contributed by atoms with E-state index in [1.807, 2.05) is 0 Å². The molecule has 0 radical (unpaired) electrons. The number of nitro benzene ring substituents is 1. The molecule has 9 nitrogen and oxygen atoms in total. The maximum atomic E-state index is 12.9. The van der Waals surface area contributed by atoms with Crippen molar-refractivity contribution in [2.45, 2.75) is 38.3 Å². The minimum atomic E-state index is -0.527. The molecule has 1 heterocycles. The average molecular weight is 384 g/mol. The second kappa shape index (κ2) is 7.41. The third-order valence-corrected chi connectivity index (χ3v) is 4.92. The largest absolute Gasteiger partial charge is 0.359 e. The van der Waals surface area contributed by atoms with Crippen LogP contribution in [0.1, 0.15) is 52.3 Å². The molecule has 2 aliphatic rings. The fraction of sp³-hybridized carbons (Fsp3) is 0.421. The molecule has 2 fully saturated rings. The van der Waals surface area contributed by atoms with Crippen LogP contribution in [0.4, 0.5) is 5.69 Å². The number of nitrogens with zero attached hydrogens (tertiary/aromatic N) is 3. The summed E-state index contributed by atoms with van der Waals surface area (Å²) in [4.78, 5) is 37.1. The van der Waals surface area contributed by atoms with Crippen molar-refractivity contribution >= 4 is 17.5 Å². The Labute approximate surface area is 160 Å². The number of hydrogen-bond acceptors (Lipinski definition) is 6. The molecule has 146 valence electrons. The smallest absolute Gasteiger partial charge is 0.273 e. The number of hydrogen-bond donors (Lipinski definition) is 1. The summed E-state index contributed by atoms with van der Waals surface area (Å²) < 4.78 is 5.25. The molecule has 1 N–H and O–H groups in total. The Morgan fingerprint density at radius 1 is 1.25 bits per heavy atom. The van der Waals surface area contributed by atoms with Crippen molar-refractivity contribution in [1.29, 1.82) is 0 Å². The predicted octanol–water partition coefficient (Wildman–Crippen LogP) is 2.53. The molecule has 9 heteroatoms. The van der Waals surface area contributed by atoms with Gasteiger partial charge in [-0.2, -0.15) is 0 Å². The lowest BCUT2D eigenvalue weighted by molar-refractivity contribution is -0.384. The Morgan fingerprint density at radius 2 is 2.04 bits per heavy atom. The molecular formula is C19H20N4O5. The van der Waals surface area contributed by atoms with E-state index in [2.05, 4.69) is 10.5 Å². The van der Waals surface area contributed by atoms with Crippen LogP contribution in [0.3, 0.4) is 0 Å². The van der Waals surface area contributed by atoms with Gasteiger partial charge in [0.25, 0.3) is 17.5 Å². The van der Waals surface area contributed by atoms with Crippen LogP contribution in [0.2, 0.25) is 0 Å². The zero-order valence-corrected chi connectivity index (χ0v) is 15.2. The molecule has 0 aliphatic heterocycles. The first-order valence-corrected chi connectivity index (χ1v) is 9.30. The molecule has 2 saturated carbocycles. The standard InChI is InChI=1S/C19H20N4O5/c24-18(20-10-12-4-5-12)17-9-16(28-21-17)11-22(14-6-7-14)19(25)13-2-1-3-15(8-13)23(26)27/h1-3,8-9,12,14H,4-7,10-11H2,(H,20,24). The fourth-order valence-electron chi connectivity index (χ4n) is 2.98. The highest BCUT2D eigenvalue weighted by Crippen LogP contribution is 2.31. The van der Waals surface area contributed by atoms with Crippen molar-refractivity contribution in [1.82, 2.24) is 15.4 Å².